The zero-order valence-electron chi connectivity index (χ0n) is 11.7. The molecule has 1 aliphatic rings. The van der Waals surface area contributed by atoms with Gasteiger partial charge in [-0.1, -0.05) is 6.92 Å². The van der Waals surface area contributed by atoms with Crippen molar-refractivity contribution in [2.24, 2.45) is 0 Å². The van der Waals surface area contributed by atoms with Gasteiger partial charge >= 0.3 is 0 Å². The predicted octanol–water partition coefficient (Wildman–Crippen LogP) is 1.71. The number of nitrogen functional groups attached to an aromatic ring is 1. The maximum atomic E-state index is 13.3. The highest BCUT2D eigenvalue weighted by Gasteiger charge is 2.27. The Bertz CT molecular complexity index is 521. The minimum atomic E-state index is -1.05. The molecule has 1 fully saturated rings. The third-order valence-electron chi connectivity index (χ3n) is 3.78. The molecule has 1 aliphatic heterocycles. The van der Waals surface area contributed by atoms with Gasteiger partial charge in [0, 0.05) is 37.4 Å². The van der Waals surface area contributed by atoms with Crippen LogP contribution in [0.1, 0.15) is 24.2 Å². The van der Waals surface area contributed by atoms with E-state index < -0.39 is 11.6 Å². The largest absolute Gasteiger partial charge is 0.398 e. The normalized spacial score (nSPS) is 20.2. The van der Waals surface area contributed by atoms with Crippen LogP contribution in [-0.2, 0) is 0 Å². The van der Waals surface area contributed by atoms with Crippen LogP contribution in [-0.4, -0.2) is 47.9 Å². The molecule has 4 nitrogen and oxygen atoms in total. The highest BCUT2D eigenvalue weighted by Crippen LogP contribution is 2.20. The van der Waals surface area contributed by atoms with Crippen molar-refractivity contribution in [3.63, 3.8) is 0 Å². The van der Waals surface area contributed by atoms with Crippen molar-refractivity contribution in [1.29, 1.82) is 0 Å². The van der Waals surface area contributed by atoms with Crippen LogP contribution >= 0.6 is 0 Å². The highest BCUT2D eigenvalue weighted by atomic mass is 19.2. The van der Waals surface area contributed by atoms with Crippen molar-refractivity contribution in [3.05, 3.63) is 29.3 Å². The summed E-state index contributed by atoms with van der Waals surface area (Å²) in [4.78, 5) is 16.3. The standard InChI is InChI=1S/C14H19F2N3O/c1-3-18-4-5-19(8-9(18)2)14(20)10-6-11(15)12(16)7-13(10)17/h6-7,9H,3-5,8,17H2,1-2H3. The highest BCUT2D eigenvalue weighted by molar-refractivity contribution is 5.99. The molecule has 1 saturated heterocycles. The topological polar surface area (TPSA) is 49.6 Å². The molecule has 0 bridgehead atoms. The molecule has 2 rings (SSSR count). The summed E-state index contributed by atoms with van der Waals surface area (Å²) < 4.78 is 26.3. The smallest absolute Gasteiger partial charge is 0.256 e. The Labute approximate surface area is 117 Å². The minimum Gasteiger partial charge on any atom is -0.398 e. The summed E-state index contributed by atoms with van der Waals surface area (Å²) in [6.07, 6.45) is 0. The predicted molar refractivity (Wildman–Crippen MR) is 73.4 cm³/mol. The molecule has 1 amide bonds. The number of benzene rings is 1. The number of halogens is 2. The lowest BCUT2D eigenvalue weighted by atomic mass is 10.1. The van der Waals surface area contributed by atoms with Crippen molar-refractivity contribution < 1.29 is 13.6 Å². The first-order chi connectivity index (χ1) is 9.43. The molecule has 0 saturated carbocycles. The first-order valence-corrected chi connectivity index (χ1v) is 6.71. The van der Waals surface area contributed by atoms with E-state index in [1.165, 1.54) is 0 Å². The van der Waals surface area contributed by atoms with Gasteiger partial charge < -0.3 is 10.6 Å². The molecule has 20 heavy (non-hydrogen) atoms. The average molecular weight is 283 g/mol. The van der Waals surface area contributed by atoms with E-state index in [1.807, 2.05) is 6.92 Å². The van der Waals surface area contributed by atoms with Crippen LogP contribution in [0, 0.1) is 11.6 Å². The maximum absolute atomic E-state index is 13.3. The lowest BCUT2D eigenvalue weighted by Crippen LogP contribution is -2.53. The Hall–Kier alpha value is -1.69. The van der Waals surface area contributed by atoms with Crippen molar-refractivity contribution in [1.82, 2.24) is 9.80 Å². The van der Waals surface area contributed by atoms with E-state index in [1.54, 1.807) is 4.90 Å². The Kier molecular flexibility index (Phi) is 4.23. The zero-order chi connectivity index (χ0) is 14.9. The third-order valence-corrected chi connectivity index (χ3v) is 3.78. The second kappa shape index (κ2) is 5.75. The van der Waals surface area contributed by atoms with Crippen LogP contribution < -0.4 is 5.73 Å². The summed E-state index contributed by atoms with van der Waals surface area (Å²) in [6.45, 7) is 6.93. The number of hydrogen-bond donors (Lipinski definition) is 1. The minimum absolute atomic E-state index is 0.0283. The third kappa shape index (κ3) is 2.75. The summed E-state index contributed by atoms with van der Waals surface area (Å²) in [6, 6.07) is 1.97. The molecular formula is C14H19F2N3O. The van der Waals surface area contributed by atoms with Crippen molar-refractivity contribution >= 4 is 11.6 Å². The van der Waals surface area contributed by atoms with Gasteiger partial charge in [-0.3, -0.25) is 9.69 Å². The zero-order valence-corrected chi connectivity index (χ0v) is 11.7. The van der Waals surface area contributed by atoms with E-state index in [-0.39, 0.29) is 23.2 Å². The number of piperazine rings is 1. The van der Waals surface area contributed by atoms with Crippen LogP contribution in [0.2, 0.25) is 0 Å². The summed E-state index contributed by atoms with van der Waals surface area (Å²) in [5.74, 6) is -2.44. The van der Waals surface area contributed by atoms with Gasteiger partial charge in [-0.15, -0.1) is 0 Å². The van der Waals surface area contributed by atoms with E-state index >= 15 is 0 Å². The molecule has 0 aliphatic carbocycles. The second-order valence-electron chi connectivity index (χ2n) is 5.08. The number of anilines is 1. The van der Waals surface area contributed by atoms with E-state index in [9.17, 15) is 13.6 Å². The van der Waals surface area contributed by atoms with E-state index in [0.29, 0.717) is 13.1 Å². The second-order valence-corrected chi connectivity index (χ2v) is 5.08. The number of likely N-dealkylation sites (N-methyl/N-ethyl adjacent to an activating group) is 1. The number of hydrogen-bond acceptors (Lipinski definition) is 3. The quantitative estimate of drug-likeness (QED) is 0.841. The molecule has 1 atom stereocenters. The van der Waals surface area contributed by atoms with Gasteiger partial charge in [-0.05, 0) is 19.5 Å². The molecule has 6 heteroatoms. The summed E-state index contributed by atoms with van der Waals surface area (Å²) in [5, 5.41) is 0. The summed E-state index contributed by atoms with van der Waals surface area (Å²) >= 11 is 0. The molecule has 2 N–H and O–H groups in total. The number of carbonyl (C=O) groups excluding carboxylic acids is 1. The fourth-order valence-corrected chi connectivity index (χ4v) is 2.57. The molecule has 1 aromatic rings. The molecule has 1 unspecified atom stereocenters. The van der Waals surface area contributed by atoms with Gasteiger partial charge in [0.1, 0.15) is 0 Å². The Balaban J connectivity index is 2.18. The van der Waals surface area contributed by atoms with E-state index in [2.05, 4.69) is 11.8 Å². The van der Waals surface area contributed by atoms with Gasteiger partial charge in [0.05, 0.1) is 5.56 Å². The molecule has 0 radical (unpaired) electrons. The average Bonchev–Trinajstić information content (AvgIpc) is 2.42. The summed E-state index contributed by atoms with van der Waals surface area (Å²) in [5.41, 5.74) is 5.62. The molecule has 1 aromatic carbocycles. The van der Waals surface area contributed by atoms with Crippen LogP contribution in [0.3, 0.4) is 0 Å². The van der Waals surface area contributed by atoms with E-state index in [0.717, 1.165) is 25.2 Å². The molecule has 0 spiro atoms. The summed E-state index contributed by atoms with van der Waals surface area (Å²) in [7, 11) is 0. The molecule has 1 heterocycles. The van der Waals surface area contributed by atoms with Crippen LogP contribution in [0.4, 0.5) is 14.5 Å². The Morgan fingerprint density at radius 1 is 1.35 bits per heavy atom. The molecular weight excluding hydrogens is 264 g/mol. The molecule has 0 aromatic heterocycles. The fourth-order valence-electron chi connectivity index (χ4n) is 2.57. The lowest BCUT2D eigenvalue weighted by molar-refractivity contribution is 0.0529. The van der Waals surface area contributed by atoms with Gasteiger partial charge in [-0.25, -0.2) is 8.78 Å². The number of rotatable bonds is 2. The Morgan fingerprint density at radius 2 is 2.00 bits per heavy atom. The maximum Gasteiger partial charge on any atom is 0.256 e. The van der Waals surface area contributed by atoms with Gasteiger partial charge in [-0.2, -0.15) is 0 Å². The van der Waals surface area contributed by atoms with Gasteiger partial charge in [0.15, 0.2) is 11.6 Å². The first-order valence-electron chi connectivity index (χ1n) is 6.71. The lowest BCUT2D eigenvalue weighted by Gasteiger charge is -2.39. The van der Waals surface area contributed by atoms with Crippen molar-refractivity contribution in [2.45, 2.75) is 19.9 Å². The van der Waals surface area contributed by atoms with Crippen LogP contribution in [0.15, 0.2) is 12.1 Å². The molecule has 110 valence electrons. The van der Waals surface area contributed by atoms with Crippen molar-refractivity contribution in [3.8, 4) is 0 Å². The van der Waals surface area contributed by atoms with Crippen LogP contribution in [0.5, 0.6) is 0 Å². The van der Waals surface area contributed by atoms with E-state index in [4.69, 9.17) is 5.73 Å². The first kappa shape index (κ1) is 14.7. The van der Waals surface area contributed by atoms with Gasteiger partial charge in [0.2, 0.25) is 0 Å². The fraction of sp³-hybridized carbons (Fsp3) is 0.500. The SMILES string of the molecule is CCN1CCN(C(=O)c2cc(F)c(F)cc2N)CC1C. The number of nitrogens with two attached hydrogens (primary N) is 1. The number of amides is 1. The van der Waals surface area contributed by atoms with Gasteiger partial charge in [0.25, 0.3) is 5.91 Å². The van der Waals surface area contributed by atoms with Crippen LogP contribution in [0.25, 0.3) is 0 Å². The number of carbonyl (C=O) groups is 1. The number of nitrogens with zero attached hydrogens (tertiary/aromatic N) is 2. The monoisotopic (exact) mass is 283 g/mol. The Morgan fingerprint density at radius 3 is 2.60 bits per heavy atom. The van der Waals surface area contributed by atoms with Crippen molar-refractivity contribution in [2.75, 3.05) is 31.9 Å².